The van der Waals surface area contributed by atoms with Gasteiger partial charge in [0.1, 0.15) is 11.1 Å². The molecule has 4 aromatic rings. The van der Waals surface area contributed by atoms with Crippen molar-refractivity contribution >= 4 is 48.2 Å². The van der Waals surface area contributed by atoms with Crippen molar-refractivity contribution in [1.82, 2.24) is 29.8 Å². The molecule has 1 saturated heterocycles. The van der Waals surface area contributed by atoms with E-state index in [1.165, 1.54) is 31.2 Å². The molecule has 1 aliphatic heterocycles. The lowest BCUT2D eigenvalue weighted by atomic mass is 9.97. The first-order chi connectivity index (χ1) is 16.5. The smallest absolute Gasteiger partial charge is 0.250 e. The molecular formula is C23H26FN9OS. The number of pyridine rings is 1. The van der Waals surface area contributed by atoms with Gasteiger partial charge in [-0.3, -0.25) is 9.89 Å². The minimum Gasteiger partial charge on any atom is -0.325 e. The van der Waals surface area contributed by atoms with Crippen LogP contribution in [0.4, 0.5) is 27.7 Å². The number of halogens is 1. The third-order valence-electron chi connectivity index (χ3n) is 6.60. The first-order valence-corrected chi connectivity index (χ1v) is 11.4. The molecule has 1 aliphatic carbocycles. The van der Waals surface area contributed by atoms with Gasteiger partial charge in [-0.05, 0) is 56.9 Å². The molecule has 1 atom stereocenters. The summed E-state index contributed by atoms with van der Waals surface area (Å²) in [7, 11) is 0. The largest absolute Gasteiger partial charge is 0.325 e. The Balaban J connectivity index is 0.00000253. The number of rotatable bonds is 6. The molecule has 3 N–H and O–H groups in total. The van der Waals surface area contributed by atoms with Crippen LogP contribution in [0, 0.1) is 5.95 Å². The van der Waals surface area contributed by atoms with Gasteiger partial charge in [0.2, 0.25) is 17.8 Å². The van der Waals surface area contributed by atoms with Crippen LogP contribution in [0.25, 0.3) is 5.52 Å². The average molecular weight is 496 g/mol. The number of hydrogen-bond donors (Lipinski definition) is 3. The number of amides is 1. The lowest BCUT2D eigenvalue weighted by molar-refractivity contribution is -0.120. The molecule has 5 heterocycles. The fourth-order valence-corrected chi connectivity index (χ4v) is 4.49. The minimum atomic E-state index is -0.877. The van der Waals surface area contributed by atoms with Gasteiger partial charge in [-0.1, -0.05) is 0 Å². The summed E-state index contributed by atoms with van der Waals surface area (Å²) in [5.41, 5.74) is 1.50. The molecule has 182 valence electrons. The molecule has 0 unspecified atom stereocenters. The minimum absolute atomic E-state index is 0. The first kappa shape index (κ1) is 23.1. The fourth-order valence-electron chi connectivity index (χ4n) is 4.49. The van der Waals surface area contributed by atoms with E-state index in [4.69, 9.17) is 4.98 Å². The molecule has 6 rings (SSSR count). The third-order valence-corrected chi connectivity index (χ3v) is 6.60. The topological polar surface area (TPSA) is 116 Å². The maximum absolute atomic E-state index is 13.3. The molecule has 0 spiro atoms. The highest BCUT2D eigenvalue weighted by atomic mass is 32.1. The summed E-state index contributed by atoms with van der Waals surface area (Å²) in [6, 6.07) is 8.56. The molecule has 10 nitrogen and oxygen atoms in total. The molecule has 1 amide bonds. The van der Waals surface area contributed by atoms with Gasteiger partial charge in [-0.25, -0.2) is 9.50 Å². The molecule has 0 aromatic carbocycles. The van der Waals surface area contributed by atoms with Crippen molar-refractivity contribution in [2.45, 2.75) is 44.1 Å². The molecule has 2 aliphatic rings. The normalized spacial score (nSPS) is 19.5. The van der Waals surface area contributed by atoms with E-state index in [-0.39, 0.29) is 19.4 Å². The second kappa shape index (κ2) is 8.84. The van der Waals surface area contributed by atoms with Crippen LogP contribution in [0.5, 0.6) is 0 Å². The Kier molecular flexibility index (Phi) is 5.83. The van der Waals surface area contributed by atoms with Crippen LogP contribution in [0.15, 0.2) is 42.7 Å². The zero-order chi connectivity index (χ0) is 23.3. The van der Waals surface area contributed by atoms with Crippen LogP contribution in [-0.4, -0.2) is 47.8 Å². The highest BCUT2D eigenvalue weighted by Gasteiger charge is 2.45. The first-order valence-electron chi connectivity index (χ1n) is 11.4. The Morgan fingerprint density at radius 3 is 2.91 bits per heavy atom. The van der Waals surface area contributed by atoms with Crippen LogP contribution in [-0.2, 0) is 4.79 Å². The molecule has 0 bridgehead atoms. The number of hydrogen-bond acceptors (Lipinski definition) is 7. The van der Waals surface area contributed by atoms with E-state index >= 15 is 0 Å². The highest BCUT2D eigenvalue weighted by molar-refractivity contribution is 7.59. The maximum atomic E-state index is 13.3. The van der Waals surface area contributed by atoms with E-state index in [0.29, 0.717) is 42.2 Å². The summed E-state index contributed by atoms with van der Waals surface area (Å²) in [5.74, 6) is 1.50. The standard InChI is InChI=1S/C23H24FN9O.H2S/c1-23(21(34)26-15-7-8-18(24)25-13-15)9-3-10-32(23)22-28-20(17-4-2-11-33(17)31-22)27-19-12-16(29-30-19)14-5-6-14;/h2,4,7-8,11-14H,3,5-6,9-10H2,1H3,(H,26,34)(H2,27,28,29,30,31);1H2/t23-;/m0./s1. The van der Waals surface area contributed by atoms with Crippen molar-refractivity contribution in [2.75, 3.05) is 22.1 Å². The monoisotopic (exact) mass is 495 g/mol. The summed E-state index contributed by atoms with van der Waals surface area (Å²) in [4.78, 5) is 23.6. The molecule has 0 radical (unpaired) electrons. The van der Waals surface area contributed by atoms with Crippen molar-refractivity contribution < 1.29 is 9.18 Å². The molecule has 35 heavy (non-hydrogen) atoms. The van der Waals surface area contributed by atoms with Gasteiger partial charge in [0, 0.05) is 30.4 Å². The Morgan fingerprint density at radius 2 is 2.14 bits per heavy atom. The number of carbonyl (C=O) groups excluding carboxylic acids is 1. The number of fused-ring (bicyclic) bond motifs is 1. The molecular weight excluding hydrogens is 469 g/mol. The van der Waals surface area contributed by atoms with E-state index in [9.17, 15) is 9.18 Å². The van der Waals surface area contributed by atoms with E-state index in [1.807, 2.05) is 36.2 Å². The Morgan fingerprint density at radius 1 is 1.29 bits per heavy atom. The van der Waals surface area contributed by atoms with E-state index in [2.05, 4.69) is 30.9 Å². The number of aromatic nitrogens is 6. The van der Waals surface area contributed by atoms with Gasteiger partial charge in [-0.2, -0.15) is 28.0 Å². The lowest BCUT2D eigenvalue weighted by Crippen LogP contribution is -2.51. The van der Waals surface area contributed by atoms with Crippen molar-refractivity contribution in [1.29, 1.82) is 0 Å². The van der Waals surface area contributed by atoms with Crippen molar-refractivity contribution in [3.05, 3.63) is 54.4 Å². The average Bonchev–Trinajstić information content (AvgIpc) is 3.20. The summed E-state index contributed by atoms with van der Waals surface area (Å²) < 4.78 is 14.9. The summed E-state index contributed by atoms with van der Waals surface area (Å²) >= 11 is 0. The number of nitrogens with zero attached hydrogens (tertiary/aromatic N) is 6. The third kappa shape index (κ3) is 4.29. The van der Waals surface area contributed by atoms with Gasteiger partial charge in [-0.15, -0.1) is 5.10 Å². The van der Waals surface area contributed by atoms with E-state index in [1.54, 1.807) is 4.52 Å². The molecule has 12 heteroatoms. The number of H-pyrrole nitrogens is 1. The van der Waals surface area contributed by atoms with Gasteiger partial charge in [0.15, 0.2) is 11.6 Å². The second-order valence-electron chi connectivity index (χ2n) is 9.06. The number of anilines is 4. The predicted octanol–water partition coefficient (Wildman–Crippen LogP) is 3.72. The van der Waals surface area contributed by atoms with Gasteiger partial charge < -0.3 is 15.5 Å². The fraction of sp³-hybridized carbons (Fsp3) is 0.348. The predicted molar refractivity (Wildman–Crippen MR) is 135 cm³/mol. The number of carbonyl (C=O) groups is 1. The summed E-state index contributed by atoms with van der Waals surface area (Å²) in [6.07, 6.45) is 6.97. The Hall–Kier alpha value is -3.67. The van der Waals surface area contributed by atoms with Crippen molar-refractivity contribution in [2.24, 2.45) is 0 Å². The van der Waals surface area contributed by atoms with Crippen LogP contribution in [0.2, 0.25) is 0 Å². The van der Waals surface area contributed by atoms with Gasteiger partial charge in [0.05, 0.1) is 11.9 Å². The zero-order valence-corrected chi connectivity index (χ0v) is 20.1. The van der Waals surface area contributed by atoms with E-state index in [0.717, 1.165) is 17.6 Å². The van der Waals surface area contributed by atoms with Crippen LogP contribution in [0.3, 0.4) is 0 Å². The van der Waals surface area contributed by atoms with E-state index < -0.39 is 11.5 Å². The van der Waals surface area contributed by atoms with Crippen LogP contribution < -0.4 is 15.5 Å². The number of aromatic amines is 1. The van der Waals surface area contributed by atoms with Crippen LogP contribution in [0.1, 0.15) is 44.2 Å². The lowest BCUT2D eigenvalue weighted by Gasteiger charge is -2.34. The highest BCUT2D eigenvalue weighted by Crippen LogP contribution is 2.40. The maximum Gasteiger partial charge on any atom is 0.250 e. The van der Waals surface area contributed by atoms with Crippen molar-refractivity contribution in [3.63, 3.8) is 0 Å². The number of nitrogens with one attached hydrogen (secondary N) is 3. The summed E-state index contributed by atoms with van der Waals surface area (Å²) in [6.45, 7) is 2.50. The molecule has 2 fully saturated rings. The van der Waals surface area contributed by atoms with Gasteiger partial charge in [0.25, 0.3) is 0 Å². The summed E-state index contributed by atoms with van der Waals surface area (Å²) in [5, 5.41) is 18.3. The molecule has 1 saturated carbocycles. The quantitative estimate of drug-likeness (QED) is 0.349. The second-order valence-corrected chi connectivity index (χ2v) is 9.06. The zero-order valence-electron chi connectivity index (χ0n) is 19.1. The Labute approximate surface area is 207 Å². The van der Waals surface area contributed by atoms with Crippen molar-refractivity contribution in [3.8, 4) is 0 Å². The molecule has 4 aromatic heterocycles. The van der Waals surface area contributed by atoms with Gasteiger partial charge >= 0.3 is 0 Å². The SMILES string of the molecule is C[C@@]1(C(=O)Nc2ccc(F)nc2)CCCN1c1nc(Nc2cc(C3CC3)[nH]n2)c2cccn2n1.S. The van der Waals surface area contributed by atoms with Crippen LogP contribution >= 0.6 is 13.5 Å². The Bertz CT molecular complexity index is 1370.